The summed E-state index contributed by atoms with van der Waals surface area (Å²) >= 11 is 0. The van der Waals surface area contributed by atoms with Gasteiger partial charge in [-0.05, 0) is 32.4 Å². The van der Waals surface area contributed by atoms with Crippen LogP contribution in [0.2, 0.25) is 0 Å². The van der Waals surface area contributed by atoms with Crippen LogP contribution in [0.4, 0.5) is 0 Å². The Morgan fingerprint density at radius 3 is 1.87 bits per heavy atom. The zero-order valence-electron chi connectivity index (χ0n) is 11.7. The minimum atomic E-state index is 0.328. The van der Waals surface area contributed by atoms with Gasteiger partial charge in [0.2, 0.25) is 0 Å². The van der Waals surface area contributed by atoms with E-state index in [1.807, 2.05) is 0 Å². The first-order valence-corrected chi connectivity index (χ1v) is 6.24. The summed E-state index contributed by atoms with van der Waals surface area (Å²) in [5.74, 6) is 0. The summed E-state index contributed by atoms with van der Waals surface area (Å²) in [4.78, 5) is 2.49. The van der Waals surface area contributed by atoms with Crippen LogP contribution >= 0.6 is 0 Å². The lowest BCUT2D eigenvalue weighted by Gasteiger charge is -2.36. The summed E-state index contributed by atoms with van der Waals surface area (Å²) in [6.07, 6.45) is 2.49. The summed E-state index contributed by atoms with van der Waals surface area (Å²) in [5.41, 5.74) is 0.328. The second-order valence-electron chi connectivity index (χ2n) is 5.62. The van der Waals surface area contributed by atoms with E-state index in [9.17, 15) is 0 Å². The van der Waals surface area contributed by atoms with Crippen molar-refractivity contribution in [1.29, 1.82) is 0 Å². The van der Waals surface area contributed by atoms with Gasteiger partial charge in [0.25, 0.3) is 0 Å². The van der Waals surface area contributed by atoms with Crippen LogP contribution in [0.25, 0.3) is 0 Å². The van der Waals surface area contributed by atoms with Gasteiger partial charge in [0.1, 0.15) is 0 Å². The molecule has 0 radical (unpaired) electrons. The first-order chi connectivity index (χ1) is 6.86. The first kappa shape index (κ1) is 14.9. The Kier molecular flexibility index (Phi) is 6.46. The van der Waals surface area contributed by atoms with Gasteiger partial charge in [-0.2, -0.15) is 0 Å². The van der Waals surface area contributed by atoms with Crippen molar-refractivity contribution in [2.24, 2.45) is 5.41 Å². The van der Waals surface area contributed by atoms with Gasteiger partial charge in [0.15, 0.2) is 0 Å². The molecule has 0 aromatic carbocycles. The van der Waals surface area contributed by atoms with E-state index in [-0.39, 0.29) is 0 Å². The fourth-order valence-electron chi connectivity index (χ4n) is 2.15. The molecule has 15 heavy (non-hydrogen) atoms. The second-order valence-corrected chi connectivity index (χ2v) is 5.62. The quantitative estimate of drug-likeness (QED) is 0.731. The number of nitrogens with one attached hydrogen (secondary N) is 1. The molecule has 0 aliphatic heterocycles. The highest BCUT2D eigenvalue weighted by Crippen LogP contribution is 2.20. The maximum absolute atomic E-state index is 3.43. The molecular weight excluding hydrogens is 184 g/mol. The number of nitrogens with zero attached hydrogens (tertiary/aromatic N) is 1. The van der Waals surface area contributed by atoms with Gasteiger partial charge < -0.3 is 10.2 Å². The van der Waals surface area contributed by atoms with Crippen LogP contribution in [-0.4, -0.2) is 37.6 Å². The summed E-state index contributed by atoms with van der Waals surface area (Å²) in [5, 5.41) is 3.43. The summed E-state index contributed by atoms with van der Waals surface area (Å²) in [6.45, 7) is 12.6. The van der Waals surface area contributed by atoms with Gasteiger partial charge in [-0.25, -0.2) is 0 Å². The SMILES string of the molecule is CCC(CC)N(C)CC(NC)C(C)(C)C. The third-order valence-corrected chi connectivity index (χ3v) is 3.43. The molecule has 2 heteroatoms. The molecule has 1 atom stereocenters. The van der Waals surface area contributed by atoms with Crippen molar-refractivity contribution < 1.29 is 0 Å². The third kappa shape index (κ3) is 4.98. The van der Waals surface area contributed by atoms with Crippen molar-refractivity contribution in [1.82, 2.24) is 10.2 Å². The second kappa shape index (κ2) is 6.49. The lowest BCUT2D eigenvalue weighted by atomic mass is 9.86. The van der Waals surface area contributed by atoms with E-state index in [2.05, 4.69) is 58.9 Å². The Morgan fingerprint density at radius 1 is 1.13 bits per heavy atom. The van der Waals surface area contributed by atoms with Gasteiger partial charge in [-0.15, -0.1) is 0 Å². The largest absolute Gasteiger partial charge is 0.315 e. The Balaban J connectivity index is 4.29. The molecule has 1 N–H and O–H groups in total. The molecular formula is C13H30N2. The zero-order chi connectivity index (χ0) is 12.1. The number of likely N-dealkylation sites (N-methyl/N-ethyl adjacent to an activating group) is 2. The van der Waals surface area contributed by atoms with E-state index in [4.69, 9.17) is 0 Å². The van der Waals surface area contributed by atoms with E-state index in [1.54, 1.807) is 0 Å². The maximum atomic E-state index is 3.43. The van der Waals surface area contributed by atoms with Crippen molar-refractivity contribution >= 4 is 0 Å². The van der Waals surface area contributed by atoms with Gasteiger partial charge in [-0.3, -0.25) is 0 Å². The maximum Gasteiger partial charge on any atom is 0.0240 e. The Bertz CT molecular complexity index is 156. The predicted molar refractivity (Wildman–Crippen MR) is 69.3 cm³/mol. The Labute approximate surface area is 96.4 Å². The summed E-state index contributed by atoms with van der Waals surface area (Å²) in [7, 11) is 4.31. The van der Waals surface area contributed by atoms with E-state index in [0.29, 0.717) is 11.5 Å². The average Bonchev–Trinajstić information content (AvgIpc) is 2.14. The molecule has 2 nitrogen and oxygen atoms in total. The zero-order valence-corrected chi connectivity index (χ0v) is 11.7. The van der Waals surface area contributed by atoms with Crippen LogP contribution in [0.15, 0.2) is 0 Å². The van der Waals surface area contributed by atoms with E-state index in [0.717, 1.165) is 12.6 Å². The molecule has 0 heterocycles. The van der Waals surface area contributed by atoms with E-state index >= 15 is 0 Å². The van der Waals surface area contributed by atoms with Gasteiger partial charge in [0.05, 0.1) is 0 Å². The molecule has 0 saturated carbocycles. The predicted octanol–water partition coefficient (Wildman–Crippen LogP) is 2.74. The van der Waals surface area contributed by atoms with Crippen molar-refractivity contribution in [3.05, 3.63) is 0 Å². The third-order valence-electron chi connectivity index (χ3n) is 3.43. The highest BCUT2D eigenvalue weighted by molar-refractivity contribution is 4.83. The lowest BCUT2D eigenvalue weighted by molar-refractivity contribution is 0.158. The van der Waals surface area contributed by atoms with Crippen LogP contribution in [-0.2, 0) is 0 Å². The topological polar surface area (TPSA) is 15.3 Å². The number of rotatable bonds is 6. The molecule has 0 rings (SSSR count). The number of hydrogen-bond acceptors (Lipinski definition) is 2. The van der Waals surface area contributed by atoms with Crippen LogP contribution in [0.1, 0.15) is 47.5 Å². The fourth-order valence-corrected chi connectivity index (χ4v) is 2.15. The first-order valence-electron chi connectivity index (χ1n) is 6.24. The Hall–Kier alpha value is -0.0800. The van der Waals surface area contributed by atoms with Gasteiger partial charge in [-0.1, -0.05) is 34.6 Å². The van der Waals surface area contributed by atoms with Gasteiger partial charge in [0, 0.05) is 18.6 Å². The highest BCUT2D eigenvalue weighted by Gasteiger charge is 2.25. The van der Waals surface area contributed by atoms with Crippen molar-refractivity contribution in [3.8, 4) is 0 Å². The van der Waals surface area contributed by atoms with Crippen LogP contribution in [0, 0.1) is 5.41 Å². The summed E-state index contributed by atoms with van der Waals surface area (Å²) in [6, 6.07) is 1.28. The Morgan fingerprint density at radius 2 is 1.60 bits per heavy atom. The fraction of sp³-hybridized carbons (Fsp3) is 1.00. The van der Waals surface area contributed by atoms with Crippen molar-refractivity contribution in [3.63, 3.8) is 0 Å². The molecule has 0 spiro atoms. The molecule has 1 unspecified atom stereocenters. The average molecular weight is 214 g/mol. The molecule has 0 aromatic heterocycles. The molecule has 0 bridgehead atoms. The molecule has 92 valence electrons. The molecule has 0 amide bonds. The molecule has 0 aliphatic rings. The highest BCUT2D eigenvalue weighted by atomic mass is 15.2. The lowest BCUT2D eigenvalue weighted by Crippen LogP contribution is -2.48. The van der Waals surface area contributed by atoms with Crippen molar-refractivity contribution in [2.45, 2.75) is 59.5 Å². The van der Waals surface area contributed by atoms with E-state index in [1.165, 1.54) is 12.8 Å². The standard InChI is InChI=1S/C13H30N2/c1-8-11(9-2)15(7)10-12(14-6)13(3,4)5/h11-12,14H,8-10H2,1-7H3. The molecule has 0 saturated heterocycles. The minimum absolute atomic E-state index is 0.328. The van der Waals surface area contributed by atoms with Crippen LogP contribution < -0.4 is 5.32 Å². The van der Waals surface area contributed by atoms with Gasteiger partial charge >= 0.3 is 0 Å². The normalized spacial score (nSPS) is 15.0. The van der Waals surface area contributed by atoms with Crippen LogP contribution in [0.3, 0.4) is 0 Å². The van der Waals surface area contributed by atoms with Crippen LogP contribution in [0.5, 0.6) is 0 Å². The number of hydrogen-bond donors (Lipinski definition) is 1. The smallest absolute Gasteiger partial charge is 0.0240 e. The molecule has 0 fully saturated rings. The van der Waals surface area contributed by atoms with Crippen molar-refractivity contribution in [2.75, 3.05) is 20.6 Å². The van der Waals surface area contributed by atoms with E-state index < -0.39 is 0 Å². The molecule has 0 aliphatic carbocycles. The minimum Gasteiger partial charge on any atom is -0.315 e. The summed E-state index contributed by atoms with van der Waals surface area (Å²) < 4.78 is 0. The monoisotopic (exact) mass is 214 g/mol. The molecule has 0 aromatic rings.